The Morgan fingerprint density at radius 1 is 0.615 bits per heavy atom. The molecule has 2 saturated carbocycles. The highest BCUT2D eigenvalue weighted by atomic mass is 16.3. The summed E-state index contributed by atoms with van der Waals surface area (Å²) in [5.74, 6) is 1.68. The molecule has 0 radical (unpaired) electrons. The van der Waals surface area contributed by atoms with Gasteiger partial charge in [-0.05, 0) is 73.3 Å². The number of aliphatic hydroxyl groups is 2. The Morgan fingerprint density at radius 2 is 1.23 bits per heavy atom. The first-order chi connectivity index (χ1) is 12.7. The highest BCUT2D eigenvalue weighted by molar-refractivity contribution is 5.23. The fraction of sp³-hybridized carbons (Fsp3) is 0.500. The van der Waals surface area contributed by atoms with Crippen LogP contribution in [0.1, 0.15) is 61.5 Å². The Bertz CT molecular complexity index is 684. The Balaban J connectivity index is 1.51. The number of aliphatic hydroxyl groups excluding tert-OH is 2. The fourth-order valence-corrected chi connectivity index (χ4v) is 5.47. The van der Waals surface area contributed by atoms with Crippen molar-refractivity contribution in [1.29, 1.82) is 0 Å². The van der Waals surface area contributed by atoms with Crippen LogP contribution in [0.5, 0.6) is 0 Å². The van der Waals surface area contributed by atoms with Gasteiger partial charge in [0, 0.05) is 0 Å². The molecule has 2 fully saturated rings. The zero-order chi connectivity index (χ0) is 17.9. The van der Waals surface area contributed by atoms with E-state index in [0.717, 1.165) is 38.5 Å². The molecule has 0 saturated heterocycles. The summed E-state index contributed by atoms with van der Waals surface area (Å²) in [6, 6.07) is 21.3. The molecule has 0 bridgehead atoms. The molecule has 138 valence electrons. The minimum Gasteiger partial charge on any atom is -0.393 e. The lowest BCUT2D eigenvalue weighted by Crippen LogP contribution is -2.39. The lowest BCUT2D eigenvalue weighted by molar-refractivity contribution is -0.00794. The van der Waals surface area contributed by atoms with E-state index in [4.69, 9.17) is 0 Å². The zero-order valence-corrected chi connectivity index (χ0v) is 15.4. The summed E-state index contributed by atoms with van der Waals surface area (Å²) >= 11 is 0. The fourth-order valence-electron chi connectivity index (χ4n) is 5.47. The third kappa shape index (κ3) is 3.72. The van der Waals surface area contributed by atoms with Gasteiger partial charge in [0.05, 0.1) is 12.2 Å². The summed E-state index contributed by atoms with van der Waals surface area (Å²) in [7, 11) is 0. The second kappa shape index (κ2) is 7.94. The third-order valence-electron chi connectivity index (χ3n) is 6.79. The lowest BCUT2D eigenvalue weighted by Gasteiger charge is -2.44. The SMILES string of the molecule is OC1CCC(C2CCC(c3ccccc3)CC2O)C(c2ccccc2)C1. The van der Waals surface area contributed by atoms with Crippen LogP contribution in [0.2, 0.25) is 0 Å². The molecular weight excluding hydrogens is 320 g/mol. The van der Waals surface area contributed by atoms with Gasteiger partial charge in [-0.25, -0.2) is 0 Å². The van der Waals surface area contributed by atoms with E-state index in [-0.39, 0.29) is 12.2 Å². The van der Waals surface area contributed by atoms with Crippen LogP contribution < -0.4 is 0 Å². The molecule has 0 aliphatic heterocycles. The Kier molecular flexibility index (Phi) is 5.42. The lowest BCUT2D eigenvalue weighted by atomic mass is 9.63. The van der Waals surface area contributed by atoms with E-state index in [2.05, 4.69) is 60.7 Å². The van der Waals surface area contributed by atoms with Gasteiger partial charge in [-0.3, -0.25) is 0 Å². The summed E-state index contributed by atoms with van der Waals surface area (Å²) in [6.45, 7) is 0. The van der Waals surface area contributed by atoms with E-state index in [1.165, 1.54) is 11.1 Å². The zero-order valence-electron chi connectivity index (χ0n) is 15.4. The van der Waals surface area contributed by atoms with Crippen molar-refractivity contribution >= 4 is 0 Å². The van der Waals surface area contributed by atoms with Crippen LogP contribution >= 0.6 is 0 Å². The largest absolute Gasteiger partial charge is 0.393 e. The smallest absolute Gasteiger partial charge is 0.0577 e. The maximum absolute atomic E-state index is 11.0. The van der Waals surface area contributed by atoms with E-state index in [1.807, 2.05) is 0 Å². The van der Waals surface area contributed by atoms with E-state index in [9.17, 15) is 10.2 Å². The number of hydrogen-bond donors (Lipinski definition) is 2. The molecule has 4 rings (SSSR count). The predicted octanol–water partition coefficient (Wildman–Crippen LogP) is 4.88. The minimum atomic E-state index is -0.236. The molecule has 26 heavy (non-hydrogen) atoms. The van der Waals surface area contributed by atoms with Crippen LogP contribution in [0.3, 0.4) is 0 Å². The molecule has 2 heteroatoms. The van der Waals surface area contributed by atoms with Crippen molar-refractivity contribution in [2.75, 3.05) is 0 Å². The molecular formula is C24H30O2. The first-order valence-electron chi connectivity index (χ1n) is 10.2. The predicted molar refractivity (Wildman–Crippen MR) is 105 cm³/mol. The first-order valence-corrected chi connectivity index (χ1v) is 10.2. The van der Waals surface area contributed by atoms with E-state index < -0.39 is 0 Å². The standard InChI is InChI=1S/C24H30O2/c25-20-12-14-21(23(16-20)18-9-5-2-6-10-18)22-13-11-19(15-24(22)26)17-7-3-1-4-8-17/h1-10,19-26H,11-16H2. The average Bonchev–Trinajstić information content (AvgIpc) is 2.69. The molecule has 0 aromatic heterocycles. The van der Waals surface area contributed by atoms with E-state index in [1.54, 1.807) is 0 Å². The molecule has 6 atom stereocenters. The van der Waals surface area contributed by atoms with Gasteiger partial charge in [0.15, 0.2) is 0 Å². The summed E-state index contributed by atoms with van der Waals surface area (Å²) in [4.78, 5) is 0. The van der Waals surface area contributed by atoms with Crippen molar-refractivity contribution < 1.29 is 10.2 Å². The topological polar surface area (TPSA) is 40.5 Å². The van der Waals surface area contributed by atoms with Crippen molar-refractivity contribution in [1.82, 2.24) is 0 Å². The van der Waals surface area contributed by atoms with E-state index >= 15 is 0 Å². The summed E-state index contributed by atoms with van der Waals surface area (Å²) < 4.78 is 0. The summed E-state index contributed by atoms with van der Waals surface area (Å²) in [5.41, 5.74) is 2.69. The monoisotopic (exact) mass is 350 g/mol. The van der Waals surface area contributed by atoms with Crippen LogP contribution in [0.15, 0.2) is 60.7 Å². The molecule has 2 aromatic carbocycles. The second-order valence-corrected chi connectivity index (χ2v) is 8.30. The minimum absolute atomic E-state index is 0.200. The van der Waals surface area contributed by atoms with Gasteiger partial charge < -0.3 is 10.2 Å². The molecule has 2 aliphatic rings. The highest BCUT2D eigenvalue weighted by Crippen LogP contribution is 2.48. The normalized spacial score (nSPS) is 35.2. The Morgan fingerprint density at radius 3 is 1.88 bits per heavy atom. The van der Waals surface area contributed by atoms with Gasteiger partial charge in [-0.2, -0.15) is 0 Å². The van der Waals surface area contributed by atoms with Gasteiger partial charge >= 0.3 is 0 Å². The Hall–Kier alpha value is -1.64. The van der Waals surface area contributed by atoms with Crippen molar-refractivity contribution in [3.05, 3.63) is 71.8 Å². The van der Waals surface area contributed by atoms with Crippen LogP contribution in [0.4, 0.5) is 0 Å². The molecule has 0 amide bonds. The third-order valence-corrected chi connectivity index (χ3v) is 6.79. The quantitative estimate of drug-likeness (QED) is 0.828. The van der Waals surface area contributed by atoms with Crippen LogP contribution in [-0.4, -0.2) is 22.4 Å². The summed E-state index contributed by atoms with van der Waals surface area (Å²) in [5, 5.41) is 21.3. The van der Waals surface area contributed by atoms with Gasteiger partial charge in [-0.1, -0.05) is 60.7 Å². The average molecular weight is 351 g/mol. The van der Waals surface area contributed by atoms with Crippen LogP contribution in [-0.2, 0) is 0 Å². The number of rotatable bonds is 3. The van der Waals surface area contributed by atoms with Crippen LogP contribution in [0, 0.1) is 11.8 Å². The molecule has 2 nitrogen and oxygen atoms in total. The van der Waals surface area contributed by atoms with Gasteiger partial charge in [0.2, 0.25) is 0 Å². The second-order valence-electron chi connectivity index (χ2n) is 8.30. The van der Waals surface area contributed by atoms with Gasteiger partial charge in [-0.15, -0.1) is 0 Å². The molecule has 0 spiro atoms. The molecule has 2 aromatic rings. The van der Waals surface area contributed by atoms with E-state index in [0.29, 0.717) is 23.7 Å². The van der Waals surface area contributed by atoms with Crippen LogP contribution in [0.25, 0.3) is 0 Å². The molecule has 0 heterocycles. The number of hydrogen-bond acceptors (Lipinski definition) is 2. The van der Waals surface area contributed by atoms with Gasteiger partial charge in [0.25, 0.3) is 0 Å². The van der Waals surface area contributed by atoms with Crippen molar-refractivity contribution in [2.24, 2.45) is 11.8 Å². The Labute approximate surface area is 156 Å². The van der Waals surface area contributed by atoms with Crippen molar-refractivity contribution in [3.63, 3.8) is 0 Å². The molecule has 2 N–H and O–H groups in total. The molecule has 2 aliphatic carbocycles. The highest BCUT2D eigenvalue weighted by Gasteiger charge is 2.41. The number of benzene rings is 2. The molecule has 6 unspecified atom stereocenters. The maximum Gasteiger partial charge on any atom is 0.0577 e. The van der Waals surface area contributed by atoms with Crippen molar-refractivity contribution in [3.8, 4) is 0 Å². The van der Waals surface area contributed by atoms with Crippen molar-refractivity contribution in [2.45, 2.75) is 62.6 Å². The van der Waals surface area contributed by atoms with Gasteiger partial charge in [0.1, 0.15) is 0 Å². The summed E-state index contributed by atoms with van der Waals surface area (Å²) in [6.07, 6.45) is 5.42. The first kappa shape index (κ1) is 17.8. The maximum atomic E-state index is 11.0.